The summed E-state index contributed by atoms with van der Waals surface area (Å²) in [7, 11) is 3.30. The Morgan fingerprint density at radius 1 is 0.657 bits per heavy atom. The summed E-state index contributed by atoms with van der Waals surface area (Å²) < 4.78 is 17.0. The molecule has 5 nitrogen and oxygen atoms in total. The number of hydrogen-bond donors (Lipinski definition) is 2. The van der Waals surface area contributed by atoms with E-state index in [1.165, 1.54) is 6.07 Å². The highest BCUT2D eigenvalue weighted by Crippen LogP contribution is 2.50. The van der Waals surface area contributed by atoms with E-state index in [9.17, 15) is 10.2 Å². The molecule has 35 heavy (non-hydrogen) atoms. The number of aromatic hydroxyl groups is 2. The van der Waals surface area contributed by atoms with Crippen LogP contribution in [0.4, 0.5) is 0 Å². The average Bonchev–Trinajstić information content (AvgIpc) is 3.28. The number of ether oxygens (including phenoxy) is 3. The third-order valence-electron chi connectivity index (χ3n) is 6.31. The fourth-order valence-corrected chi connectivity index (χ4v) is 4.44. The van der Waals surface area contributed by atoms with Gasteiger partial charge < -0.3 is 24.4 Å². The van der Waals surface area contributed by atoms with Crippen LogP contribution >= 0.6 is 0 Å². The van der Waals surface area contributed by atoms with Gasteiger partial charge in [-0.25, -0.2) is 0 Å². The first-order valence-corrected chi connectivity index (χ1v) is 11.3. The van der Waals surface area contributed by atoms with Crippen LogP contribution < -0.4 is 14.2 Å². The largest absolute Gasteiger partial charge is 0.504 e. The molecule has 2 N–H and O–H groups in total. The van der Waals surface area contributed by atoms with E-state index in [-0.39, 0.29) is 23.5 Å². The number of phenols is 2. The van der Waals surface area contributed by atoms with Crippen molar-refractivity contribution in [1.82, 2.24) is 0 Å². The van der Waals surface area contributed by atoms with Crippen molar-refractivity contribution in [3.8, 4) is 28.7 Å². The third-order valence-corrected chi connectivity index (χ3v) is 6.31. The molecular formula is C30H26O5. The van der Waals surface area contributed by atoms with Gasteiger partial charge in [0.1, 0.15) is 23.4 Å². The molecule has 0 bridgehead atoms. The lowest BCUT2D eigenvalue weighted by Crippen LogP contribution is -2.11. The summed E-state index contributed by atoms with van der Waals surface area (Å²) in [6.07, 6.45) is 3.78. The quantitative estimate of drug-likeness (QED) is 0.249. The maximum atomic E-state index is 10.1. The van der Waals surface area contributed by atoms with Gasteiger partial charge in [-0.15, -0.1) is 0 Å². The van der Waals surface area contributed by atoms with Crippen molar-refractivity contribution in [2.75, 3.05) is 14.2 Å². The molecule has 0 saturated heterocycles. The number of rotatable bonds is 6. The fourth-order valence-electron chi connectivity index (χ4n) is 4.44. The first kappa shape index (κ1) is 22.4. The van der Waals surface area contributed by atoms with Crippen molar-refractivity contribution in [2.45, 2.75) is 12.0 Å². The minimum Gasteiger partial charge on any atom is -0.504 e. The van der Waals surface area contributed by atoms with Gasteiger partial charge in [0.15, 0.2) is 11.5 Å². The van der Waals surface area contributed by atoms with Crippen LogP contribution in [-0.4, -0.2) is 24.4 Å². The molecule has 5 rings (SSSR count). The van der Waals surface area contributed by atoms with Gasteiger partial charge >= 0.3 is 0 Å². The number of benzene rings is 4. The van der Waals surface area contributed by atoms with E-state index >= 15 is 0 Å². The highest BCUT2D eigenvalue weighted by atomic mass is 16.5. The van der Waals surface area contributed by atoms with Gasteiger partial charge in [-0.1, -0.05) is 48.6 Å². The van der Waals surface area contributed by atoms with Crippen molar-refractivity contribution in [2.24, 2.45) is 0 Å². The second-order valence-corrected chi connectivity index (χ2v) is 8.44. The molecule has 1 aliphatic heterocycles. The molecule has 0 aromatic heterocycles. The van der Waals surface area contributed by atoms with Crippen LogP contribution in [0.1, 0.15) is 39.8 Å². The lowest BCUT2D eigenvalue weighted by atomic mass is 9.84. The normalized spacial score (nSPS) is 16.6. The molecule has 0 fully saturated rings. The molecule has 0 saturated carbocycles. The van der Waals surface area contributed by atoms with E-state index in [4.69, 9.17) is 14.2 Å². The van der Waals surface area contributed by atoms with Gasteiger partial charge in [0, 0.05) is 5.56 Å². The van der Waals surface area contributed by atoms with Crippen molar-refractivity contribution in [3.63, 3.8) is 0 Å². The van der Waals surface area contributed by atoms with Crippen LogP contribution in [0.5, 0.6) is 28.7 Å². The maximum absolute atomic E-state index is 10.1. The lowest BCUT2D eigenvalue weighted by molar-refractivity contribution is 0.221. The Morgan fingerprint density at radius 3 is 1.91 bits per heavy atom. The molecule has 0 radical (unpaired) electrons. The van der Waals surface area contributed by atoms with Crippen molar-refractivity contribution in [3.05, 3.63) is 113 Å². The number of fused-ring (bicyclic) bond motifs is 1. The van der Waals surface area contributed by atoms with Gasteiger partial charge in [-0.3, -0.25) is 0 Å². The minimum absolute atomic E-state index is 0.103. The zero-order chi connectivity index (χ0) is 24.4. The number of phenolic OH excluding ortho intramolecular Hbond substituents is 2. The standard InChI is InChI=1S/C30H26O5/c1-33-23-11-5-19(6-12-23)3-4-20-7-16-28-25(17-20)29(21-8-13-24(34-2)14-9-21)30(35-28)22-10-15-26(31)27(32)18-22/h3-18,29-32H,1-2H3/b4-3+. The molecule has 0 spiro atoms. The Bertz CT molecular complexity index is 1360. The summed E-state index contributed by atoms with van der Waals surface area (Å²) in [5.41, 5.74) is 5.04. The molecule has 0 aliphatic carbocycles. The van der Waals surface area contributed by atoms with Crippen LogP contribution in [0.15, 0.2) is 84.9 Å². The molecule has 4 aromatic carbocycles. The summed E-state index contributed by atoms with van der Waals surface area (Å²) in [6.45, 7) is 0. The molecule has 1 aliphatic rings. The maximum Gasteiger partial charge on any atom is 0.157 e. The van der Waals surface area contributed by atoms with Gasteiger partial charge in [-0.05, 0) is 70.8 Å². The van der Waals surface area contributed by atoms with Gasteiger partial charge in [0.2, 0.25) is 0 Å². The van der Waals surface area contributed by atoms with E-state index in [1.54, 1.807) is 26.4 Å². The minimum atomic E-state index is -0.356. The third kappa shape index (κ3) is 4.53. The van der Waals surface area contributed by atoms with Gasteiger partial charge in [-0.2, -0.15) is 0 Å². The Hall–Kier alpha value is -4.38. The predicted octanol–water partition coefficient (Wildman–Crippen LogP) is 6.55. The summed E-state index contributed by atoms with van der Waals surface area (Å²) in [6, 6.07) is 26.8. The van der Waals surface area contributed by atoms with E-state index in [1.807, 2.05) is 60.7 Å². The smallest absolute Gasteiger partial charge is 0.157 e. The van der Waals surface area contributed by atoms with Crippen LogP contribution in [0.2, 0.25) is 0 Å². The topological polar surface area (TPSA) is 68.2 Å². The number of hydrogen-bond acceptors (Lipinski definition) is 5. The number of methoxy groups -OCH3 is 2. The molecule has 5 heteroatoms. The molecule has 176 valence electrons. The average molecular weight is 467 g/mol. The monoisotopic (exact) mass is 466 g/mol. The van der Waals surface area contributed by atoms with Crippen LogP contribution in [-0.2, 0) is 0 Å². The highest BCUT2D eigenvalue weighted by Gasteiger charge is 2.37. The molecule has 4 aromatic rings. The molecule has 1 heterocycles. The van der Waals surface area contributed by atoms with E-state index in [0.717, 1.165) is 45.1 Å². The lowest BCUT2D eigenvalue weighted by Gasteiger charge is -2.21. The summed E-state index contributed by atoms with van der Waals surface area (Å²) in [5.74, 6) is 1.97. The summed E-state index contributed by atoms with van der Waals surface area (Å²) >= 11 is 0. The Labute approximate surface area is 204 Å². The Balaban J connectivity index is 1.52. The van der Waals surface area contributed by atoms with Crippen molar-refractivity contribution < 1.29 is 24.4 Å². The molecule has 2 unspecified atom stereocenters. The summed E-state index contributed by atoms with van der Waals surface area (Å²) in [5, 5.41) is 19.9. The summed E-state index contributed by atoms with van der Waals surface area (Å²) in [4.78, 5) is 0. The predicted molar refractivity (Wildman–Crippen MR) is 136 cm³/mol. The Morgan fingerprint density at radius 2 is 1.26 bits per heavy atom. The van der Waals surface area contributed by atoms with Crippen LogP contribution in [0.25, 0.3) is 12.2 Å². The van der Waals surface area contributed by atoms with Crippen LogP contribution in [0.3, 0.4) is 0 Å². The second kappa shape index (κ2) is 9.47. The first-order chi connectivity index (χ1) is 17.1. The molecule has 0 amide bonds. The highest BCUT2D eigenvalue weighted by molar-refractivity contribution is 5.71. The molecular weight excluding hydrogens is 440 g/mol. The van der Waals surface area contributed by atoms with Crippen LogP contribution in [0, 0.1) is 0 Å². The van der Waals surface area contributed by atoms with Gasteiger partial charge in [0.25, 0.3) is 0 Å². The zero-order valence-electron chi connectivity index (χ0n) is 19.5. The van der Waals surface area contributed by atoms with Gasteiger partial charge in [0.05, 0.1) is 20.1 Å². The van der Waals surface area contributed by atoms with Crippen molar-refractivity contribution >= 4 is 12.2 Å². The van der Waals surface area contributed by atoms with E-state index in [0.29, 0.717) is 0 Å². The fraction of sp³-hybridized carbons (Fsp3) is 0.133. The van der Waals surface area contributed by atoms with Crippen molar-refractivity contribution in [1.29, 1.82) is 0 Å². The Kier molecular flexibility index (Phi) is 6.06. The first-order valence-electron chi connectivity index (χ1n) is 11.3. The second-order valence-electron chi connectivity index (χ2n) is 8.44. The zero-order valence-corrected chi connectivity index (χ0v) is 19.5. The SMILES string of the molecule is COc1ccc(/C=C/c2ccc3c(c2)C(c2ccc(OC)cc2)C(c2ccc(O)c(O)c2)O3)cc1. The van der Waals surface area contributed by atoms with E-state index in [2.05, 4.69) is 18.2 Å². The van der Waals surface area contributed by atoms with E-state index < -0.39 is 0 Å². The molecule has 2 atom stereocenters.